The Kier molecular flexibility index (Phi) is 11.8. The molecule has 2 rings (SSSR count). The van der Waals surface area contributed by atoms with Crippen molar-refractivity contribution in [3.8, 4) is 0 Å². The van der Waals surface area contributed by atoms with Gasteiger partial charge in [0.25, 0.3) is 0 Å². The van der Waals surface area contributed by atoms with Gasteiger partial charge in [-0.1, -0.05) is 44.2 Å². The highest BCUT2D eigenvalue weighted by molar-refractivity contribution is 14.0. The van der Waals surface area contributed by atoms with Crippen LogP contribution in [0.15, 0.2) is 47.7 Å². The van der Waals surface area contributed by atoms with Gasteiger partial charge in [0.05, 0.1) is 12.6 Å². The first-order valence-corrected chi connectivity index (χ1v) is 9.74. The van der Waals surface area contributed by atoms with E-state index >= 15 is 0 Å². The molecule has 0 aliphatic carbocycles. The Balaban J connectivity index is 0.00000392. The molecule has 0 amide bonds. The number of aromatic nitrogens is 2. The maximum absolute atomic E-state index is 5.80. The van der Waals surface area contributed by atoms with E-state index in [1.807, 2.05) is 25.4 Å². The molecule has 0 fully saturated rings. The highest BCUT2D eigenvalue weighted by atomic mass is 127. The summed E-state index contributed by atoms with van der Waals surface area (Å²) in [7, 11) is 1.79. The molecule has 0 spiro atoms. The Hall–Kier alpha value is -1.61. The van der Waals surface area contributed by atoms with Gasteiger partial charge in [0.15, 0.2) is 5.96 Å². The van der Waals surface area contributed by atoms with E-state index in [1.54, 1.807) is 7.05 Å². The molecule has 0 radical (unpaired) electrons. The van der Waals surface area contributed by atoms with Crippen LogP contribution in [0.25, 0.3) is 0 Å². The van der Waals surface area contributed by atoms with Crippen molar-refractivity contribution in [3.63, 3.8) is 0 Å². The number of halogens is 1. The van der Waals surface area contributed by atoms with E-state index < -0.39 is 0 Å². The smallest absolute Gasteiger partial charge is 0.191 e. The zero-order chi connectivity index (χ0) is 19.5. The Labute approximate surface area is 186 Å². The molecule has 1 atom stereocenters. The number of hydrogen-bond acceptors (Lipinski definition) is 3. The zero-order valence-electron chi connectivity index (χ0n) is 17.4. The summed E-state index contributed by atoms with van der Waals surface area (Å²) >= 11 is 0. The van der Waals surface area contributed by atoms with Gasteiger partial charge in [-0.25, -0.2) is 4.98 Å². The molecule has 0 aliphatic heterocycles. The Morgan fingerprint density at radius 2 is 1.96 bits per heavy atom. The standard InChI is InChI=1S/C21H33N5O.HI/c1-5-27-19(17(2)3)11-12-24-21(22-4)25-15-20-23-13-14-26(20)16-18-9-7-6-8-10-18;/h6-10,13-14,17,19H,5,11-12,15-16H2,1-4H3,(H2,22,24,25);1H. The Bertz CT molecular complexity index is 687. The normalized spacial score (nSPS) is 12.5. The molecular weight excluding hydrogens is 465 g/mol. The molecule has 156 valence electrons. The van der Waals surface area contributed by atoms with Gasteiger partial charge in [-0.05, 0) is 24.8 Å². The van der Waals surface area contributed by atoms with Crippen molar-refractivity contribution in [3.05, 3.63) is 54.1 Å². The van der Waals surface area contributed by atoms with Gasteiger partial charge < -0.3 is 19.9 Å². The van der Waals surface area contributed by atoms with Gasteiger partial charge in [0.1, 0.15) is 5.82 Å². The first-order valence-electron chi connectivity index (χ1n) is 9.74. The summed E-state index contributed by atoms with van der Waals surface area (Å²) in [6.45, 7) is 9.44. The summed E-state index contributed by atoms with van der Waals surface area (Å²) < 4.78 is 7.95. The number of nitrogens with one attached hydrogen (secondary N) is 2. The SMILES string of the molecule is CCOC(CCNC(=NC)NCc1nccn1Cc1ccccc1)C(C)C.I. The average Bonchev–Trinajstić information content (AvgIpc) is 3.11. The summed E-state index contributed by atoms with van der Waals surface area (Å²) in [6, 6.07) is 10.4. The average molecular weight is 499 g/mol. The minimum Gasteiger partial charge on any atom is -0.378 e. The van der Waals surface area contributed by atoms with Crippen LogP contribution in [0.4, 0.5) is 0 Å². The third-order valence-electron chi connectivity index (χ3n) is 4.48. The molecule has 7 heteroatoms. The van der Waals surface area contributed by atoms with Crippen molar-refractivity contribution >= 4 is 29.9 Å². The molecule has 0 saturated heterocycles. The lowest BCUT2D eigenvalue weighted by Crippen LogP contribution is -2.39. The van der Waals surface area contributed by atoms with Gasteiger partial charge in [-0.15, -0.1) is 24.0 Å². The van der Waals surface area contributed by atoms with E-state index in [4.69, 9.17) is 4.74 Å². The van der Waals surface area contributed by atoms with E-state index in [0.717, 1.165) is 37.9 Å². The number of guanidine groups is 1. The van der Waals surface area contributed by atoms with E-state index in [-0.39, 0.29) is 30.1 Å². The summed E-state index contributed by atoms with van der Waals surface area (Å²) in [4.78, 5) is 8.78. The lowest BCUT2D eigenvalue weighted by molar-refractivity contribution is 0.0258. The number of nitrogens with zero attached hydrogens (tertiary/aromatic N) is 3. The van der Waals surface area contributed by atoms with Crippen molar-refractivity contribution in [2.45, 2.75) is 46.4 Å². The molecule has 6 nitrogen and oxygen atoms in total. The monoisotopic (exact) mass is 499 g/mol. The van der Waals surface area contributed by atoms with Crippen molar-refractivity contribution in [1.82, 2.24) is 20.2 Å². The van der Waals surface area contributed by atoms with Crippen LogP contribution in [0.2, 0.25) is 0 Å². The quantitative estimate of drug-likeness (QED) is 0.298. The third-order valence-corrected chi connectivity index (χ3v) is 4.48. The van der Waals surface area contributed by atoms with Crippen molar-refractivity contribution in [1.29, 1.82) is 0 Å². The number of rotatable bonds is 10. The van der Waals surface area contributed by atoms with Gasteiger partial charge in [0, 0.05) is 39.1 Å². The van der Waals surface area contributed by atoms with Crippen molar-refractivity contribution < 1.29 is 4.74 Å². The number of aliphatic imine (C=N–C) groups is 1. The molecule has 2 N–H and O–H groups in total. The fraction of sp³-hybridized carbons (Fsp3) is 0.524. The molecule has 2 aromatic rings. The fourth-order valence-corrected chi connectivity index (χ4v) is 2.97. The van der Waals surface area contributed by atoms with Gasteiger partial charge in [-0.3, -0.25) is 4.99 Å². The van der Waals surface area contributed by atoms with Crippen LogP contribution in [-0.4, -0.2) is 41.8 Å². The summed E-state index contributed by atoms with van der Waals surface area (Å²) in [5.74, 6) is 2.27. The van der Waals surface area contributed by atoms with Gasteiger partial charge >= 0.3 is 0 Å². The van der Waals surface area contributed by atoms with Crippen molar-refractivity contribution in [2.75, 3.05) is 20.2 Å². The molecule has 0 saturated carbocycles. The van der Waals surface area contributed by atoms with E-state index in [9.17, 15) is 0 Å². The molecular formula is C21H34IN5O. The minimum absolute atomic E-state index is 0. The largest absolute Gasteiger partial charge is 0.378 e. The number of benzene rings is 1. The van der Waals surface area contributed by atoms with Crippen molar-refractivity contribution in [2.24, 2.45) is 10.9 Å². The second-order valence-electron chi connectivity index (χ2n) is 6.84. The van der Waals surface area contributed by atoms with Crippen LogP contribution < -0.4 is 10.6 Å². The van der Waals surface area contributed by atoms with Crippen LogP contribution in [0.1, 0.15) is 38.6 Å². The zero-order valence-corrected chi connectivity index (χ0v) is 19.7. The van der Waals surface area contributed by atoms with E-state index in [0.29, 0.717) is 12.5 Å². The lowest BCUT2D eigenvalue weighted by atomic mass is 10.0. The molecule has 1 aromatic heterocycles. The molecule has 0 bridgehead atoms. The summed E-state index contributed by atoms with van der Waals surface area (Å²) in [5, 5.41) is 6.71. The van der Waals surface area contributed by atoms with Gasteiger partial charge in [0.2, 0.25) is 0 Å². The molecule has 1 heterocycles. The summed E-state index contributed by atoms with van der Waals surface area (Å²) in [6.07, 6.45) is 5.07. The number of hydrogen-bond donors (Lipinski definition) is 2. The van der Waals surface area contributed by atoms with Gasteiger partial charge in [-0.2, -0.15) is 0 Å². The van der Waals surface area contributed by atoms with Crippen LogP contribution in [-0.2, 0) is 17.8 Å². The predicted octanol–water partition coefficient (Wildman–Crippen LogP) is 3.67. The first-order chi connectivity index (χ1) is 13.1. The van der Waals surface area contributed by atoms with Crippen LogP contribution in [0, 0.1) is 5.92 Å². The van der Waals surface area contributed by atoms with Crippen LogP contribution >= 0.6 is 24.0 Å². The Morgan fingerprint density at radius 3 is 2.61 bits per heavy atom. The molecule has 0 aliphatic rings. The third kappa shape index (κ3) is 8.18. The maximum Gasteiger partial charge on any atom is 0.191 e. The van der Waals surface area contributed by atoms with Crippen LogP contribution in [0.3, 0.4) is 0 Å². The Morgan fingerprint density at radius 1 is 1.21 bits per heavy atom. The highest BCUT2D eigenvalue weighted by Crippen LogP contribution is 2.10. The molecule has 1 aromatic carbocycles. The second kappa shape index (κ2) is 13.5. The molecule has 28 heavy (non-hydrogen) atoms. The highest BCUT2D eigenvalue weighted by Gasteiger charge is 2.13. The summed E-state index contributed by atoms with van der Waals surface area (Å²) in [5.41, 5.74) is 1.26. The topological polar surface area (TPSA) is 63.5 Å². The van der Waals surface area contributed by atoms with E-state index in [2.05, 4.69) is 63.3 Å². The predicted molar refractivity (Wildman–Crippen MR) is 126 cm³/mol. The minimum atomic E-state index is 0. The maximum atomic E-state index is 5.80. The first kappa shape index (κ1) is 24.4. The molecule has 1 unspecified atom stereocenters. The second-order valence-corrected chi connectivity index (χ2v) is 6.84. The van der Waals surface area contributed by atoms with Crippen LogP contribution in [0.5, 0.6) is 0 Å². The number of imidazole rings is 1. The number of ether oxygens (including phenoxy) is 1. The lowest BCUT2D eigenvalue weighted by Gasteiger charge is -2.21. The fourth-order valence-electron chi connectivity index (χ4n) is 2.97. The van der Waals surface area contributed by atoms with E-state index in [1.165, 1.54) is 5.56 Å².